The first kappa shape index (κ1) is 12.9. The molecule has 0 spiro atoms. The molecule has 1 aliphatic heterocycles. The smallest absolute Gasteiger partial charge is 0.308 e. The Morgan fingerprint density at radius 3 is 2.29 bits per heavy atom. The van der Waals surface area contributed by atoms with Crippen LogP contribution in [0.5, 0.6) is 0 Å². The highest BCUT2D eigenvalue weighted by atomic mass is 16.4. The van der Waals surface area contributed by atoms with Crippen LogP contribution in [0.25, 0.3) is 0 Å². The molecule has 0 aromatic rings. The van der Waals surface area contributed by atoms with Gasteiger partial charge in [-0.2, -0.15) is 0 Å². The number of carboxylic acids is 1. The first-order valence-electron chi connectivity index (χ1n) is 7.04. The molecule has 0 aromatic heterocycles. The minimum atomic E-state index is -0.583. The summed E-state index contributed by atoms with van der Waals surface area (Å²) in [5, 5.41) is 9.35. The van der Waals surface area contributed by atoms with E-state index in [0.29, 0.717) is 12.0 Å². The van der Waals surface area contributed by atoms with Gasteiger partial charge >= 0.3 is 5.97 Å². The van der Waals surface area contributed by atoms with Crippen LogP contribution in [0.4, 0.5) is 0 Å². The van der Waals surface area contributed by atoms with E-state index in [1.54, 1.807) is 0 Å². The summed E-state index contributed by atoms with van der Waals surface area (Å²) < 4.78 is 0. The predicted molar refractivity (Wildman–Crippen MR) is 67.9 cm³/mol. The monoisotopic (exact) mass is 239 g/mol. The summed E-state index contributed by atoms with van der Waals surface area (Å²) in [6, 6.07) is 0.295. The lowest BCUT2D eigenvalue weighted by molar-refractivity contribution is -0.146. The maximum Gasteiger partial charge on any atom is 0.308 e. The van der Waals surface area contributed by atoms with Crippen LogP contribution in [-0.4, -0.2) is 35.1 Å². The molecule has 1 saturated heterocycles. The number of nitrogens with zero attached hydrogens (tertiary/aromatic N) is 1. The number of rotatable bonds is 2. The number of likely N-dealkylation sites (tertiary alicyclic amines) is 1. The van der Waals surface area contributed by atoms with E-state index >= 15 is 0 Å². The number of hydrogen-bond donors (Lipinski definition) is 1. The van der Waals surface area contributed by atoms with Crippen LogP contribution in [0.3, 0.4) is 0 Å². The maximum absolute atomic E-state index is 11.4. The molecule has 1 saturated carbocycles. The van der Waals surface area contributed by atoms with E-state index in [2.05, 4.69) is 18.7 Å². The van der Waals surface area contributed by atoms with E-state index in [1.807, 2.05) is 0 Å². The zero-order valence-corrected chi connectivity index (χ0v) is 11.1. The number of hydrogen-bond acceptors (Lipinski definition) is 2. The van der Waals surface area contributed by atoms with Crippen LogP contribution in [0.1, 0.15) is 46.0 Å². The van der Waals surface area contributed by atoms with Crippen molar-refractivity contribution in [1.82, 2.24) is 4.90 Å². The third-order valence-corrected chi connectivity index (χ3v) is 4.68. The van der Waals surface area contributed by atoms with Crippen molar-refractivity contribution in [3.8, 4) is 0 Å². The molecule has 3 heteroatoms. The van der Waals surface area contributed by atoms with E-state index in [-0.39, 0.29) is 5.92 Å². The lowest BCUT2D eigenvalue weighted by Crippen LogP contribution is -2.49. The summed E-state index contributed by atoms with van der Waals surface area (Å²) in [7, 11) is 0. The fraction of sp³-hybridized carbons (Fsp3) is 0.929. The van der Waals surface area contributed by atoms with Gasteiger partial charge in [0.1, 0.15) is 0 Å². The second kappa shape index (κ2) is 5.38. The number of carboxylic acid groups (broad SMARTS) is 1. The third-order valence-electron chi connectivity index (χ3n) is 4.68. The summed E-state index contributed by atoms with van der Waals surface area (Å²) in [6.07, 6.45) is 5.49. The number of carbonyl (C=O) groups is 1. The first-order chi connectivity index (χ1) is 8.08. The van der Waals surface area contributed by atoms with Crippen LogP contribution >= 0.6 is 0 Å². The summed E-state index contributed by atoms with van der Waals surface area (Å²) >= 11 is 0. The van der Waals surface area contributed by atoms with Gasteiger partial charge in [-0.05, 0) is 57.0 Å². The molecule has 1 heterocycles. The third kappa shape index (κ3) is 3.01. The zero-order chi connectivity index (χ0) is 12.4. The van der Waals surface area contributed by atoms with Crippen molar-refractivity contribution in [3.63, 3.8) is 0 Å². The minimum absolute atomic E-state index is 0.125. The van der Waals surface area contributed by atoms with Crippen LogP contribution in [-0.2, 0) is 4.79 Å². The summed E-state index contributed by atoms with van der Waals surface area (Å²) in [5.41, 5.74) is 0. The highest BCUT2D eigenvalue weighted by Crippen LogP contribution is 2.34. The summed E-state index contributed by atoms with van der Waals surface area (Å²) in [4.78, 5) is 13.8. The van der Waals surface area contributed by atoms with E-state index in [0.717, 1.165) is 38.3 Å². The van der Waals surface area contributed by atoms with Crippen molar-refractivity contribution in [3.05, 3.63) is 0 Å². The molecule has 0 amide bonds. The largest absolute Gasteiger partial charge is 0.481 e. The fourth-order valence-corrected chi connectivity index (χ4v) is 3.40. The fourth-order valence-electron chi connectivity index (χ4n) is 3.40. The molecular formula is C14H25NO2. The SMILES string of the molecule is CC1CCN(C2CC(C)CCC2C(=O)O)CC1. The van der Waals surface area contributed by atoms with Gasteiger partial charge in [0.2, 0.25) is 0 Å². The van der Waals surface area contributed by atoms with Gasteiger partial charge in [-0.15, -0.1) is 0 Å². The molecule has 2 aliphatic rings. The predicted octanol–water partition coefficient (Wildman–Crippen LogP) is 2.61. The molecule has 1 aliphatic carbocycles. The van der Waals surface area contributed by atoms with Gasteiger partial charge in [0.25, 0.3) is 0 Å². The van der Waals surface area contributed by atoms with Gasteiger partial charge in [0, 0.05) is 6.04 Å². The summed E-state index contributed by atoms with van der Waals surface area (Å²) in [6.45, 7) is 6.76. The Labute approximate surface area is 104 Å². The van der Waals surface area contributed by atoms with E-state index in [4.69, 9.17) is 0 Å². The molecule has 0 aromatic carbocycles. The van der Waals surface area contributed by atoms with Crippen LogP contribution in [0, 0.1) is 17.8 Å². The Morgan fingerprint density at radius 1 is 1.06 bits per heavy atom. The number of aliphatic carboxylic acids is 1. The number of piperidine rings is 1. The molecule has 17 heavy (non-hydrogen) atoms. The zero-order valence-electron chi connectivity index (χ0n) is 11.1. The normalized spacial score (nSPS) is 36.9. The molecule has 2 fully saturated rings. The lowest BCUT2D eigenvalue weighted by Gasteiger charge is -2.43. The van der Waals surface area contributed by atoms with Gasteiger partial charge in [-0.3, -0.25) is 9.69 Å². The molecule has 3 nitrogen and oxygen atoms in total. The van der Waals surface area contributed by atoms with Gasteiger partial charge in [-0.1, -0.05) is 13.8 Å². The van der Waals surface area contributed by atoms with Crippen molar-refractivity contribution in [2.45, 2.75) is 52.0 Å². The second-order valence-corrected chi connectivity index (χ2v) is 6.15. The molecule has 0 bridgehead atoms. The molecule has 3 unspecified atom stereocenters. The Bertz CT molecular complexity index is 271. The van der Waals surface area contributed by atoms with Crippen molar-refractivity contribution >= 4 is 5.97 Å². The standard InChI is InChI=1S/C14H25NO2/c1-10-5-7-15(8-6-10)13-9-11(2)3-4-12(13)14(16)17/h10-13H,3-9H2,1-2H3,(H,16,17). The van der Waals surface area contributed by atoms with Crippen LogP contribution in [0.15, 0.2) is 0 Å². The summed E-state index contributed by atoms with van der Waals surface area (Å²) in [5.74, 6) is 0.797. The maximum atomic E-state index is 11.4. The lowest BCUT2D eigenvalue weighted by atomic mass is 9.77. The van der Waals surface area contributed by atoms with Gasteiger partial charge in [-0.25, -0.2) is 0 Å². The molecule has 98 valence electrons. The first-order valence-corrected chi connectivity index (χ1v) is 7.04. The topological polar surface area (TPSA) is 40.5 Å². The van der Waals surface area contributed by atoms with Gasteiger partial charge in [0.15, 0.2) is 0 Å². The molecule has 2 rings (SSSR count). The highest BCUT2D eigenvalue weighted by Gasteiger charge is 2.37. The van der Waals surface area contributed by atoms with Gasteiger partial charge < -0.3 is 5.11 Å². The molecular weight excluding hydrogens is 214 g/mol. The van der Waals surface area contributed by atoms with E-state index in [1.165, 1.54) is 12.8 Å². The quantitative estimate of drug-likeness (QED) is 0.805. The molecule has 1 N–H and O–H groups in total. The van der Waals surface area contributed by atoms with Crippen molar-refractivity contribution in [1.29, 1.82) is 0 Å². The average molecular weight is 239 g/mol. The van der Waals surface area contributed by atoms with Crippen molar-refractivity contribution in [2.24, 2.45) is 17.8 Å². The Balaban J connectivity index is 2.01. The Hall–Kier alpha value is -0.570. The van der Waals surface area contributed by atoms with Crippen LogP contribution in [0.2, 0.25) is 0 Å². The van der Waals surface area contributed by atoms with E-state index in [9.17, 15) is 9.90 Å². The molecule has 0 radical (unpaired) electrons. The van der Waals surface area contributed by atoms with Crippen molar-refractivity contribution < 1.29 is 9.90 Å². The Kier molecular flexibility index (Phi) is 4.08. The van der Waals surface area contributed by atoms with Crippen LogP contribution < -0.4 is 0 Å². The minimum Gasteiger partial charge on any atom is -0.481 e. The van der Waals surface area contributed by atoms with Crippen molar-refractivity contribution in [2.75, 3.05) is 13.1 Å². The average Bonchev–Trinajstić information content (AvgIpc) is 2.29. The molecule has 3 atom stereocenters. The Morgan fingerprint density at radius 2 is 1.71 bits per heavy atom. The highest BCUT2D eigenvalue weighted by molar-refractivity contribution is 5.71. The van der Waals surface area contributed by atoms with E-state index < -0.39 is 5.97 Å². The second-order valence-electron chi connectivity index (χ2n) is 6.15. The van der Waals surface area contributed by atoms with Gasteiger partial charge in [0.05, 0.1) is 5.92 Å².